The Morgan fingerprint density at radius 1 is 1.00 bits per heavy atom. The van der Waals surface area contributed by atoms with E-state index < -0.39 is 0 Å². The molecule has 0 aromatic carbocycles. The first-order chi connectivity index (χ1) is 7.77. The predicted molar refractivity (Wildman–Crippen MR) is 73.2 cm³/mol. The van der Waals surface area contributed by atoms with E-state index in [-0.39, 0.29) is 0 Å². The van der Waals surface area contributed by atoms with Gasteiger partial charge in [-0.05, 0) is 57.7 Å². The monoisotopic (exact) mass is 242 g/mol. The third kappa shape index (κ3) is 3.38. The van der Waals surface area contributed by atoms with E-state index in [1.807, 2.05) is 0 Å². The van der Waals surface area contributed by atoms with E-state index in [1.54, 1.807) is 0 Å². The summed E-state index contributed by atoms with van der Waals surface area (Å²) < 4.78 is 0. The highest BCUT2D eigenvalue weighted by atomic mass is 32.2. The van der Waals surface area contributed by atoms with E-state index >= 15 is 0 Å². The van der Waals surface area contributed by atoms with Gasteiger partial charge in [0.2, 0.25) is 0 Å². The summed E-state index contributed by atoms with van der Waals surface area (Å²) in [6.07, 6.45) is 4.21. The van der Waals surface area contributed by atoms with Gasteiger partial charge in [0.05, 0.1) is 0 Å². The summed E-state index contributed by atoms with van der Waals surface area (Å²) in [7, 11) is 0. The maximum Gasteiger partial charge on any atom is 0.0112 e. The lowest BCUT2D eigenvalue weighted by atomic mass is 10.1. The van der Waals surface area contributed by atoms with Gasteiger partial charge in [0.15, 0.2) is 0 Å². The van der Waals surface area contributed by atoms with Crippen LogP contribution in [0.5, 0.6) is 0 Å². The molecule has 2 nitrogen and oxygen atoms in total. The van der Waals surface area contributed by atoms with E-state index in [4.69, 9.17) is 0 Å². The Balaban J connectivity index is 1.83. The van der Waals surface area contributed by atoms with Gasteiger partial charge in [-0.2, -0.15) is 11.8 Å². The number of rotatable bonds is 2. The molecule has 0 amide bonds. The summed E-state index contributed by atoms with van der Waals surface area (Å²) in [5.41, 5.74) is 0. The molecular weight excluding hydrogens is 216 g/mol. The van der Waals surface area contributed by atoms with E-state index in [0.717, 1.165) is 12.1 Å². The van der Waals surface area contributed by atoms with Crippen LogP contribution in [0.25, 0.3) is 0 Å². The van der Waals surface area contributed by atoms with Gasteiger partial charge < -0.3 is 0 Å². The number of thioether (sulfide) groups is 1. The molecule has 0 aromatic rings. The average Bonchev–Trinajstić information content (AvgIpc) is 2.55. The van der Waals surface area contributed by atoms with Crippen LogP contribution in [0.4, 0.5) is 0 Å². The smallest absolute Gasteiger partial charge is 0.0112 e. The predicted octanol–water partition coefficient (Wildman–Crippen LogP) is 2.30. The van der Waals surface area contributed by atoms with E-state index in [1.165, 1.54) is 56.9 Å². The first-order valence-corrected chi connectivity index (χ1v) is 7.98. The molecule has 0 spiro atoms. The van der Waals surface area contributed by atoms with E-state index in [2.05, 4.69) is 35.4 Å². The zero-order chi connectivity index (χ0) is 11.4. The molecule has 0 N–H and O–H groups in total. The lowest BCUT2D eigenvalue weighted by Crippen LogP contribution is -2.41. The second-order valence-electron chi connectivity index (χ2n) is 5.36. The highest BCUT2D eigenvalue weighted by Crippen LogP contribution is 2.22. The van der Waals surface area contributed by atoms with Crippen molar-refractivity contribution in [3.8, 4) is 0 Å². The SMILES string of the molecule is CC(C)N1CCCN(C2CCSCC2)CC1. The summed E-state index contributed by atoms with van der Waals surface area (Å²) in [5.74, 6) is 2.77. The number of hydrogen-bond acceptors (Lipinski definition) is 3. The molecule has 3 heteroatoms. The fraction of sp³-hybridized carbons (Fsp3) is 1.00. The summed E-state index contributed by atoms with van der Waals surface area (Å²) in [6, 6.07) is 1.62. The second kappa shape index (κ2) is 6.27. The molecule has 16 heavy (non-hydrogen) atoms. The Hall–Kier alpha value is 0.270. The Bertz CT molecular complexity index is 202. The summed E-state index contributed by atoms with van der Waals surface area (Å²) >= 11 is 2.14. The maximum atomic E-state index is 2.77. The molecule has 2 rings (SSSR count). The largest absolute Gasteiger partial charge is 0.300 e. The van der Waals surface area contributed by atoms with Gasteiger partial charge in [0.1, 0.15) is 0 Å². The van der Waals surface area contributed by atoms with Crippen LogP contribution in [0.1, 0.15) is 33.1 Å². The van der Waals surface area contributed by atoms with Crippen molar-refractivity contribution in [2.24, 2.45) is 0 Å². The molecule has 2 aliphatic rings. The van der Waals surface area contributed by atoms with Crippen molar-refractivity contribution in [2.75, 3.05) is 37.7 Å². The second-order valence-corrected chi connectivity index (χ2v) is 6.59. The standard InChI is InChI=1S/C13H26N2S/c1-12(2)14-6-3-7-15(9-8-14)13-4-10-16-11-5-13/h12-13H,3-11H2,1-2H3. The van der Waals surface area contributed by atoms with Gasteiger partial charge in [0.25, 0.3) is 0 Å². The van der Waals surface area contributed by atoms with Crippen molar-refractivity contribution in [2.45, 2.75) is 45.2 Å². The Morgan fingerprint density at radius 3 is 2.44 bits per heavy atom. The van der Waals surface area contributed by atoms with Crippen molar-refractivity contribution < 1.29 is 0 Å². The van der Waals surface area contributed by atoms with E-state index in [0.29, 0.717) is 0 Å². The van der Waals surface area contributed by atoms with E-state index in [9.17, 15) is 0 Å². The lowest BCUT2D eigenvalue weighted by Gasteiger charge is -2.33. The van der Waals surface area contributed by atoms with Gasteiger partial charge in [0, 0.05) is 25.2 Å². The van der Waals surface area contributed by atoms with Crippen molar-refractivity contribution in [1.29, 1.82) is 0 Å². The van der Waals surface area contributed by atoms with Gasteiger partial charge in [-0.3, -0.25) is 9.80 Å². The summed E-state index contributed by atoms with van der Waals surface area (Å²) in [5, 5.41) is 0. The van der Waals surface area contributed by atoms with Crippen molar-refractivity contribution in [1.82, 2.24) is 9.80 Å². The first kappa shape index (κ1) is 12.7. The van der Waals surface area contributed by atoms with Crippen LogP contribution >= 0.6 is 11.8 Å². The summed E-state index contributed by atoms with van der Waals surface area (Å²) in [6.45, 7) is 9.86. The molecule has 2 aliphatic heterocycles. The van der Waals surface area contributed by atoms with Crippen molar-refractivity contribution in [3.63, 3.8) is 0 Å². The molecule has 2 fully saturated rings. The van der Waals surface area contributed by atoms with Crippen LogP contribution in [0.15, 0.2) is 0 Å². The highest BCUT2D eigenvalue weighted by molar-refractivity contribution is 7.99. The molecule has 94 valence electrons. The molecule has 0 bridgehead atoms. The third-order valence-electron chi connectivity index (χ3n) is 4.00. The Labute approximate surface area is 105 Å². The summed E-state index contributed by atoms with van der Waals surface area (Å²) in [4.78, 5) is 5.40. The molecule has 0 radical (unpaired) electrons. The molecule has 0 aliphatic carbocycles. The molecule has 0 saturated carbocycles. The molecule has 2 heterocycles. The molecule has 0 atom stereocenters. The lowest BCUT2D eigenvalue weighted by molar-refractivity contribution is 0.179. The minimum Gasteiger partial charge on any atom is -0.300 e. The Morgan fingerprint density at radius 2 is 1.75 bits per heavy atom. The minimum atomic E-state index is 0.724. The molecule has 2 saturated heterocycles. The zero-order valence-corrected chi connectivity index (χ0v) is 11.6. The van der Waals surface area contributed by atoms with Crippen LogP contribution in [0, 0.1) is 0 Å². The number of hydrogen-bond donors (Lipinski definition) is 0. The van der Waals surface area contributed by atoms with Crippen molar-refractivity contribution in [3.05, 3.63) is 0 Å². The molecule has 0 aromatic heterocycles. The van der Waals surface area contributed by atoms with Crippen LogP contribution in [0.3, 0.4) is 0 Å². The fourth-order valence-corrected chi connectivity index (χ4v) is 3.97. The average molecular weight is 242 g/mol. The van der Waals surface area contributed by atoms with Gasteiger partial charge in [-0.15, -0.1) is 0 Å². The van der Waals surface area contributed by atoms with Gasteiger partial charge >= 0.3 is 0 Å². The van der Waals surface area contributed by atoms with Gasteiger partial charge in [-0.25, -0.2) is 0 Å². The fourth-order valence-electron chi connectivity index (χ4n) is 2.89. The van der Waals surface area contributed by atoms with Crippen LogP contribution in [-0.2, 0) is 0 Å². The van der Waals surface area contributed by atoms with Crippen LogP contribution < -0.4 is 0 Å². The van der Waals surface area contributed by atoms with Gasteiger partial charge in [-0.1, -0.05) is 0 Å². The minimum absolute atomic E-state index is 0.724. The molecular formula is C13H26N2S. The first-order valence-electron chi connectivity index (χ1n) is 6.83. The third-order valence-corrected chi connectivity index (χ3v) is 5.05. The highest BCUT2D eigenvalue weighted by Gasteiger charge is 2.24. The topological polar surface area (TPSA) is 6.48 Å². The van der Waals surface area contributed by atoms with Crippen molar-refractivity contribution >= 4 is 11.8 Å². The quantitative estimate of drug-likeness (QED) is 0.734. The molecule has 0 unspecified atom stereocenters. The normalized spacial score (nSPS) is 27.2. The number of nitrogens with zero attached hydrogens (tertiary/aromatic N) is 2. The van der Waals surface area contributed by atoms with Crippen LogP contribution in [-0.4, -0.2) is 59.6 Å². The Kier molecular flexibility index (Phi) is 4.98. The zero-order valence-electron chi connectivity index (χ0n) is 10.8. The maximum absolute atomic E-state index is 2.77. The van der Waals surface area contributed by atoms with Crippen LogP contribution in [0.2, 0.25) is 0 Å².